The summed E-state index contributed by atoms with van der Waals surface area (Å²) in [6, 6.07) is 18.3. The van der Waals surface area contributed by atoms with Gasteiger partial charge in [0.15, 0.2) is 0 Å². The van der Waals surface area contributed by atoms with Crippen LogP contribution in [0.5, 0.6) is 0 Å². The monoisotopic (exact) mass is 664 g/mol. The Labute approximate surface area is 278 Å². The highest BCUT2D eigenvalue weighted by Gasteiger charge is 2.44. The number of carbonyl (C=O) groups excluding carboxylic acids is 3. The zero-order valence-corrected chi connectivity index (χ0v) is 27.2. The first-order valence-corrected chi connectivity index (χ1v) is 16.9. The van der Waals surface area contributed by atoms with Crippen molar-refractivity contribution in [3.05, 3.63) is 98.0 Å². The largest absolute Gasteiger partial charge is 0.338 e. The van der Waals surface area contributed by atoms with Crippen LogP contribution in [0.25, 0.3) is 0 Å². The van der Waals surface area contributed by atoms with E-state index in [0.717, 1.165) is 50.5 Å². The van der Waals surface area contributed by atoms with E-state index in [1.165, 1.54) is 5.56 Å². The van der Waals surface area contributed by atoms with Crippen LogP contribution >= 0.6 is 34.8 Å². The number of anilines is 1. The third-order valence-corrected chi connectivity index (χ3v) is 11.0. The number of piperidine rings is 1. The molecule has 4 amide bonds. The van der Waals surface area contributed by atoms with E-state index >= 15 is 0 Å². The number of nitrogens with one attached hydrogen (secondary N) is 1. The molecule has 0 bridgehead atoms. The lowest BCUT2D eigenvalue weighted by Gasteiger charge is -2.39. The minimum Gasteiger partial charge on any atom is -0.338 e. The smallest absolute Gasteiger partial charge is 0.321 e. The molecule has 0 radical (unpaired) electrons. The number of likely N-dealkylation sites (tertiary alicyclic amines) is 2. The number of halogens is 3. The molecule has 7 nitrogen and oxygen atoms in total. The molecule has 45 heavy (non-hydrogen) atoms. The van der Waals surface area contributed by atoms with Crippen LogP contribution in [0.2, 0.25) is 15.1 Å². The standard InChI is InChI=1S/C35H35Cl3N4O3/c36-27-5-2-1-4-25(27)33(44)42(24-11-12-24)30-13-10-22-8-9-23(20-26(22)30)32(43)41-19-16-35(21-41)14-17-40(18-15-35)34(45)39-31-28(37)6-3-7-29(31)38/h1-9,20,24,30H,10-19,21H2,(H,39,45). The second-order valence-corrected chi connectivity index (χ2v) is 14.1. The fraction of sp³-hybridized carbons (Fsp3) is 0.400. The number of benzene rings is 3. The minimum atomic E-state index is -0.216. The van der Waals surface area contributed by atoms with E-state index < -0.39 is 0 Å². The molecule has 3 aromatic rings. The Morgan fingerprint density at radius 1 is 0.800 bits per heavy atom. The first-order chi connectivity index (χ1) is 21.7. The van der Waals surface area contributed by atoms with Crippen molar-refractivity contribution in [3.63, 3.8) is 0 Å². The van der Waals surface area contributed by atoms with Crippen LogP contribution in [-0.4, -0.2) is 64.8 Å². The summed E-state index contributed by atoms with van der Waals surface area (Å²) in [7, 11) is 0. The van der Waals surface area contributed by atoms with Gasteiger partial charge in [-0.2, -0.15) is 0 Å². The molecule has 4 aliphatic rings. The maximum absolute atomic E-state index is 13.9. The number of hydrogen-bond acceptors (Lipinski definition) is 3. The van der Waals surface area contributed by atoms with Crippen molar-refractivity contribution in [2.24, 2.45) is 5.41 Å². The lowest BCUT2D eigenvalue weighted by Crippen LogP contribution is -2.46. The van der Waals surface area contributed by atoms with Crippen molar-refractivity contribution >= 4 is 58.3 Å². The summed E-state index contributed by atoms with van der Waals surface area (Å²) in [5.41, 5.74) is 3.92. The molecule has 0 aromatic heterocycles. The number of urea groups is 1. The van der Waals surface area contributed by atoms with Gasteiger partial charge in [-0.25, -0.2) is 4.79 Å². The van der Waals surface area contributed by atoms with E-state index in [1.54, 1.807) is 35.2 Å². The van der Waals surface area contributed by atoms with Crippen LogP contribution in [0.3, 0.4) is 0 Å². The summed E-state index contributed by atoms with van der Waals surface area (Å²) in [5.74, 6) is -0.00147. The van der Waals surface area contributed by atoms with Gasteiger partial charge in [-0.15, -0.1) is 0 Å². The van der Waals surface area contributed by atoms with Crippen LogP contribution in [-0.2, 0) is 6.42 Å². The molecule has 1 spiro atoms. The van der Waals surface area contributed by atoms with Gasteiger partial charge in [0.25, 0.3) is 11.8 Å². The molecule has 1 unspecified atom stereocenters. The molecule has 10 heteroatoms. The van der Waals surface area contributed by atoms with E-state index in [2.05, 4.69) is 11.4 Å². The number of amides is 4. The van der Waals surface area contributed by atoms with Gasteiger partial charge in [0.1, 0.15) is 0 Å². The van der Waals surface area contributed by atoms with Crippen molar-refractivity contribution in [1.82, 2.24) is 14.7 Å². The fourth-order valence-corrected chi connectivity index (χ4v) is 8.09. The summed E-state index contributed by atoms with van der Waals surface area (Å²) >= 11 is 18.9. The van der Waals surface area contributed by atoms with Crippen LogP contribution in [0.15, 0.2) is 60.7 Å². The molecular formula is C35H35Cl3N4O3. The van der Waals surface area contributed by atoms with Gasteiger partial charge in [0.2, 0.25) is 0 Å². The average molecular weight is 666 g/mol. The van der Waals surface area contributed by atoms with Gasteiger partial charge in [0.05, 0.1) is 32.4 Å². The zero-order valence-electron chi connectivity index (χ0n) is 24.9. The van der Waals surface area contributed by atoms with E-state index in [4.69, 9.17) is 34.8 Å². The summed E-state index contributed by atoms with van der Waals surface area (Å²) in [5, 5.41) is 4.14. The second kappa shape index (κ2) is 12.2. The van der Waals surface area contributed by atoms with Gasteiger partial charge >= 0.3 is 6.03 Å². The summed E-state index contributed by atoms with van der Waals surface area (Å²) < 4.78 is 0. The molecule has 2 aliphatic heterocycles. The summed E-state index contributed by atoms with van der Waals surface area (Å²) in [4.78, 5) is 46.4. The first-order valence-electron chi connectivity index (χ1n) is 15.7. The maximum Gasteiger partial charge on any atom is 0.321 e. The molecule has 2 aliphatic carbocycles. The van der Waals surface area contributed by atoms with Crippen LogP contribution in [0.1, 0.15) is 76.4 Å². The van der Waals surface area contributed by atoms with Crippen molar-refractivity contribution in [1.29, 1.82) is 0 Å². The predicted molar refractivity (Wildman–Crippen MR) is 177 cm³/mol. The number of rotatable bonds is 5. The van der Waals surface area contributed by atoms with Crippen LogP contribution in [0, 0.1) is 5.41 Å². The molecular weight excluding hydrogens is 631 g/mol. The Morgan fingerprint density at radius 3 is 2.16 bits per heavy atom. The third-order valence-electron chi connectivity index (χ3n) is 10.1. The summed E-state index contributed by atoms with van der Waals surface area (Å²) in [6.07, 6.45) is 6.28. The summed E-state index contributed by atoms with van der Waals surface area (Å²) in [6.45, 7) is 2.58. The fourth-order valence-electron chi connectivity index (χ4n) is 7.38. The van der Waals surface area contributed by atoms with Crippen LogP contribution < -0.4 is 5.32 Å². The Balaban J connectivity index is 1.02. The van der Waals surface area contributed by atoms with Gasteiger partial charge in [-0.1, -0.05) is 59.1 Å². The van der Waals surface area contributed by atoms with E-state index in [-0.39, 0.29) is 35.3 Å². The van der Waals surface area contributed by atoms with Gasteiger partial charge < -0.3 is 20.0 Å². The minimum absolute atomic E-state index is 0.00210. The Bertz CT molecular complexity index is 1650. The molecule has 1 atom stereocenters. The normalized spacial score (nSPS) is 20.3. The van der Waals surface area contributed by atoms with Gasteiger partial charge in [0, 0.05) is 37.8 Å². The highest BCUT2D eigenvalue weighted by Crippen LogP contribution is 2.45. The predicted octanol–water partition coefficient (Wildman–Crippen LogP) is 8.10. The number of fused-ring (bicyclic) bond motifs is 1. The van der Waals surface area contributed by atoms with Crippen molar-refractivity contribution in [2.75, 3.05) is 31.5 Å². The molecule has 1 saturated carbocycles. The number of para-hydroxylation sites is 1. The average Bonchev–Trinajstić information content (AvgIpc) is 3.67. The SMILES string of the molecule is O=C(Nc1c(Cl)cccc1Cl)N1CCC2(CC1)CCN(C(=O)c1ccc3c(c1)C(N(C(=O)c1ccccc1Cl)C1CC1)CC3)C2. The molecule has 234 valence electrons. The number of aryl methyl sites for hydroxylation is 1. The lowest BCUT2D eigenvalue weighted by molar-refractivity contribution is 0.0658. The van der Waals surface area contributed by atoms with Crippen LogP contribution in [0.4, 0.5) is 10.5 Å². The Kier molecular flexibility index (Phi) is 8.21. The number of nitrogens with zero attached hydrogens (tertiary/aromatic N) is 3. The molecule has 3 aromatic carbocycles. The van der Waals surface area contributed by atoms with E-state index in [9.17, 15) is 14.4 Å². The van der Waals surface area contributed by atoms with Crippen molar-refractivity contribution < 1.29 is 14.4 Å². The van der Waals surface area contributed by atoms with E-state index in [0.29, 0.717) is 58.1 Å². The molecule has 3 fully saturated rings. The lowest BCUT2D eigenvalue weighted by atomic mass is 9.78. The molecule has 7 rings (SSSR count). The molecule has 2 saturated heterocycles. The maximum atomic E-state index is 13.9. The highest BCUT2D eigenvalue weighted by atomic mass is 35.5. The topological polar surface area (TPSA) is 73.0 Å². The zero-order chi connectivity index (χ0) is 31.3. The second-order valence-electron chi connectivity index (χ2n) is 12.9. The van der Waals surface area contributed by atoms with Gasteiger partial charge in [-0.05, 0) is 97.9 Å². The van der Waals surface area contributed by atoms with Crippen molar-refractivity contribution in [3.8, 4) is 0 Å². The number of carbonyl (C=O) groups is 3. The quantitative estimate of drug-likeness (QED) is 0.299. The molecule has 1 N–H and O–H groups in total. The molecule has 2 heterocycles. The van der Waals surface area contributed by atoms with E-state index in [1.807, 2.05) is 34.1 Å². The number of hydrogen-bond donors (Lipinski definition) is 1. The first kappa shape index (κ1) is 30.4. The Morgan fingerprint density at radius 2 is 1.47 bits per heavy atom. The third kappa shape index (κ3) is 5.91. The highest BCUT2D eigenvalue weighted by molar-refractivity contribution is 6.39. The van der Waals surface area contributed by atoms with Crippen molar-refractivity contribution in [2.45, 2.75) is 57.0 Å². The Hall–Kier alpha value is -3.26. The van der Waals surface area contributed by atoms with Gasteiger partial charge in [-0.3, -0.25) is 9.59 Å².